The molecule has 0 amide bonds. The number of rotatable bonds is 3. The Labute approximate surface area is 148 Å². The second kappa shape index (κ2) is 6.25. The van der Waals surface area contributed by atoms with Gasteiger partial charge >= 0.3 is 5.97 Å². The lowest BCUT2D eigenvalue weighted by molar-refractivity contribution is -0.131. The summed E-state index contributed by atoms with van der Waals surface area (Å²) in [5.74, 6) is -0.937. The van der Waals surface area contributed by atoms with Gasteiger partial charge in [0, 0.05) is 29.7 Å². The van der Waals surface area contributed by atoms with Crippen molar-refractivity contribution in [2.75, 3.05) is 0 Å². The van der Waals surface area contributed by atoms with Crippen LogP contribution in [0.4, 0.5) is 0 Å². The van der Waals surface area contributed by atoms with Gasteiger partial charge < -0.3 is 9.67 Å². The summed E-state index contributed by atoms with van der Waals surface area (Å²) in [6, 6.07) is 16.8. The molecular formula is C22H23NO2. The molecule has 1 N–H and O–H groups in total. The summed E-state index contributed by atoms with van der Waals surface area (Å²) in [4.78, 5) is 10.7. The van der Waals surface area contributed by atoms with Crippen LogP contribution in [0.15, 0.2) is 54.6 Å². The van der Waals surface area contributed by atoms with Crippen LogP contribution in [0.2, 0.25) is 0 Å². The minimum absolute atomic E-state index is 0.107. The van der Waals surface area contributed by atoms with Crippen LogP contribution in [-0.4, -0.2) is 15.6 Å². The van der Waals surface area contributed by atoms with Crippen LogP contribution in [0.25, 0.3) is 28.2 Å². The van der Waals surface area contributed by atoms with Crippen LogP contribution < -0.4 is 0 Å². The number of hydrogen-bond donors (Lipinski definition) is 1. The number of carbonyl (C=O) groups is 1. The molecule has 1 aromatic heterocycles. The van der Waals surface area contributed by atoms with Gasteiger partial charge in [-0.2, -0.15) is 0 Å². The van der Waals surface area contributed by atoms with Gasteiger partial charge in [0.05, 0.1) is 0 Å². The minimum atomic E-state index is -0.937. The molecule has 3 heteroatoms. The SMILES string of the molecule is Cn1c(-c2cccc(C(C)(C)C)c2)cc2cc(/C=C/C(=O)O)ccc21. The maximum atomic E-state index is 10.7. The van der Waals surface area contributed by atoms with Crippen LogP contribution in [-0.2, 0) is 17.3 Å². The molecule has 3 aromatic rings. The van der Waals surface area contributed by atoms with Crippen molar-refractivity contribution in [3.63, 3.8) is 0 Å². The van der Waals surface area contributed by atoms with Crippen LogP contribution in [0.1, 0.15) is 31.9 Å². The summed E-state index contributed by atoms with van der Waals surface area (Å²) in [6.45, 7) is 6.65. The van der Waals surface area contributed by atoms with Gasteiger partial charge in [-0.3, -0.25) is 0 Å². The van der Waals surface area contributed by atoms with Gasteiger partial charge in [-0.15, -0.1) is 0 Å². The number of aliphatic carboxylic acids is 1. The molecule has 0 fully saturated rings. The van der Waals surface area contributed by atoms with Crippen molar-refractivity contribution < 1.29 is 9.90 Å². The second-order valence-electron chi connectivity index (χ2n) is 7.41. The molecule has 1 heterocycles. The van der Waals surface area contributed by atoms with E-state index in [2.05, 4.69) is 62.7 Å². The molecule has 3 rings (SSSR count). The van der Waals surface area contributed by atoms with Gasteiger partial charge in [-0.1, -0.05) is 45.0 Å². The van der Waals surface area contributed by atoms with Crippen molar-refractivity contribution >= 4 is 22.9 Å². The molecule has 0 bridgehead atoms. The highest BCUT2D eigenvalue weighted by atomic mass is 16.4. The summed E-state index contributed by atoms with van der Waals surface area (Å²) in [5.41, 5.74) is 5.77. The predicted molar refractivity (Wildman–Crippen MR) is 104 cm³/mol. The maximum absolute atomic E-state index is 10.7. The normalized spacial score (nSPS) is 12.2. The second-order valence-corrected chi connectivity index (χ2v) is 7.41. The molecule has 0 atom stereocenters. The van der Waals surface area contributed by atoms with E-state index < -0.39 is 5.97 Å². The fourth-order valence-corrected chi connectivity index (χ4v) is 3.06. The zero-order chi connectivity index (χ0) is 18.2. The van der Waals surface area contributed by atoms with Gasteiger partial charge in [0.25, 0.3) is 0 Å². The summed E-state index contributed by atoms with van der Waals surface area (Å²) in [7, 11) is 2.06. The molecule has 0 aliphatic carbocycles. The summed E-state index contributed by atoms with van der Waals surface area (Å²) in [6.07, 6.45) is 2.78. The van der Waals surface area contributed by atoms with Crippen molar-refractivity contribution in [2.24, 2.45) is 7.05 Å². The molecule has 3 nitrogen and oxygen atoms in total. The molecule has 0 spiro atoms. The lowest BCUT2D eigenvalue weighted by atomic mass is 9.86. The smallest absolute Gasteiger partial charge is 0.328 e. The molecule has 0 aliphatic rings. The zero-order valence-electron chi connectivity index (χ0n) is 15.1. The predicted octanol–water partition coefficient (Wildman–Crippen LogP) is 5.24. The summed E-state index contributed by atoms with van der Waals surface area (Å²) >= 11 is 0. The standard InChI is InChI=1S/C22H23NO2/c1-22(2,3)18-7-5-6-16(13-18)20-14-17-12-15(9-11-21(24)25)8-10-19(17)23(20)4/h5-14H,1-4H3,(H,24,25)/b11-9+. The first kappa shape index (κ1) is 17.0. The monoisotopic (exact) mass is 333 g/mol. The first-order valence-electron chi connectivity index (χ1n) is 8.37. The average molecular weight is 333 g/mol. The molecule has 0 saturated heterocycles. The van der Waals surface area contributed by atoms with Crippen LogP contribution >= 0.6 is 0 Å². The topological polar surface area (TPSA) is 42.2 Å². The van der Waals surface area contributed by atoms with E-state index in [1.54, 1.807) is 6.08 Å². The van der Waals surface area contributed by atoms with Gasteiger partial charge in [0.15, 0.2) is 0 Å². The molecule has 128 valence electrons. The number of aromatic nitrogens is 1. The Balaban J connectivity index is 2.09. The molecular weight excluding hydrogens is 310 g/mol. The highest BCUT2D eigenvalue weighted by Crippen LogP contribution is 2.31. The van der Waals surface area contributed by atoms with Crippen molar-refractivity contribution in [1.82, 2.24) is 4.57 Å². The fourth-order valence-electron chi connectivity index (χ4n) is 3.06. The minimum Gasteiger partial charge on any atom is -0.478 e. The van der Waals surface area contributed by atoms with E-state index in [-0.39, 0.29) is 5.41 Å². The highest BCUT2D eigenvalue weighted by Gasteiger charge is 2.15. The van der Waals surface area contributed by atoms with E-state index in [4.69, 9.17) is 5.11 Å². The Hall–Kier alpha value is -2.81. The molecule has 2 aromatic carbocycles. The van der Waals surface area contributed by atoms with Crippen molar-refractivity contribution in [1.29, 1.82) is 0 Å². The van der Waals surface area contributed by atoms with E-state index in [9.17, 15) is 4.79 Å². The van der Waals surface area contributed by atoms with Crippen LogP contribution in [0.3, 0.4) is 0 Å². The summed E-state index contributed by atoms with van der Waals surface area (Å²) < 4.78 is 2.18. The van der Waals surface area contributed by atoms with E-state index in [0.29, 0.717) is 0 Å². The Bertz CT molecular complexity index is 971. The third-order valence-electron chi connectivity index (χ3n) is 4.51. The number of fused-ring (bicyclic) bond motifs is 1. The maximum Gasteiger partial charge on any atom is 0.328 e. The number of hydrogen-bond acceptors (Lipinski definition) is 1. The Morgan fingerprint density at radius 1 is 1.08 bits per heavy atom. The van der Waals surface area contributed by atoms with E-state index in [1.165, 1.54) is 11.1 Å². The summed E-state index contributed by atoms with van der Waals surface area (Å²) in [5, 5.41) is 9.89. The van der Waals surface area contributed by atoms with Crippen LogP contribution in [0, 0.1) is 0 Å². The van der Waals surface area contributed by atoms with E-state index >= 15 is 0 Å². The molecule has 0 radical (unpaired) electrons. The zero-order valence-corrected chi connectivity index (χ0v) is 15.1. The Kier molecular flexibility index (Phi) is 4.25. The number of nitrogens with zero attached hydrogens (tertiary/aromatic N) is 1. The van der Waals surface area contributed by atoms with Crippen LogP contribution in [0.5, 0.6) is 0 Å². The third-order valence-corrected chi connectivity index (χ3v) is 4.51. The van der Waals surface area contributed by atoms with Gasteiger partial charge in [-0.05, 0) is 52.4 Å². The Morgan fingerprint density at radius 3 is 2.52 bits per heavy atom. The van der Waals surface area contributed by atoms with E-state index in [1.807, 2.05) is 18.2 Å². The lowest BCUT2D eigenvalue weighted by Crippen LogP contribution is -2.10. The van der Waals surface area contributed by atoms with Gasteiger partial charge in [-0.25, -0.2) is 4.79 Å². The van der Waals surface area contributed by atoms with Gasteiger partial charge in [0.2, 0.25) is 0 Å². The number of carboxylic acid groups (broad SMARTS) is 1. The van der Waals surface area contributed by atoms with Crippen molar-refractivity contribution in [2.45, 2.75) is 26.2 Å². The van der Waals surface area contributed by atoms with E-state index in [0.717, 1.165) is 28.2 Å². The molecule has 0 aliphatic heterocycles. The largest absolute Gasteiger partial charge is 0.478 e. The fraction of sp³-hybridized carbons (Fsp3) is 0.227. The molecule has 0 saturated carbocycles. The Morgan fingerprint density at radius 2 is 1.84 bits per heavy atom. The quantitative estimate of drug-likeness (QED) is 0.666. The number of aryl methyl sites for hydroxylation is 1. The first-order chi connectivity index (χ1) is 11.8. The molecule has 0 unspecified atom stereocenters. The van der Waals surface area contributed by atoms with Crippen molar-refractivity contribution in [3.05, 3.63) is 65.7 Å². The van der Waals surface area contributed by atoms with Crippen molar-refractivity contribution in [3.8, 4) is 11.3 Å². The molecule has 25 heavy (non-hydrogen) atoms. The number of carboxylic acids is 1. The van der Waals surface area contributed by atoms with Gasteiger partial charge in [0.1, 0.15) is 0 Å². The number of benzene rings is 2. The average Bonchev–Trinajstić information content (AvgIpc) is 2.89. The first-order valence-corrected chi connectivity index (χ1v) is 8.37. The highest BCUT2D eigenvalue weighted by molar-refractivity contribution is 5.90. The lowest BCUT2D eigenvalue weighted by Gasteiger charge is -2.20. The third kappa shape index (κ3) is 3.50.